The van der Waals surface area contributed by atoms with E-state index in [1.165, 1.54) is 38.5 Å². The fourth-order valence-corrected chi connectivity index (χ4v) is 5.68. The van der Waals surface area contributed by atoms with E-state index in [4.69, 9.17) is 0 Å². The van der Waals surface area contributed by atoms with E-state index in [0.717, 1.165) is 24.2 Å². The second kappa shape index (κ2) is 6.45. The molecule has 0 radical (unpaired) electrons. The van der Waals surface area contributed by atoms with Gasteiger partial charge in [0.15, 0.2) is 0 Å². The number of amides is 2. The van der Waals surface area contributed by atoms with Crippen LogP contribution in [-0.2, 0) is 9.59 Å². The van der Waals surface area contributed by atoms with Crippen LogP contribution in [0, 0.1) is 29.1 Å². The maximum atomic E-state index is 12.2. The molecule has 0 saturated heterocycles. The van der Waals surface area contributed by atoms with Gasteiger partial charge in [-0.3, -0.25) is 9.59 Å². The first-order valence-corrected chi connectivity index (χ1v) is 9.49. The van der Waals surface area contributed by atoms with Gasteiger partial charge >= 0.3 is 0 Å². The summed E-state index contributed by atoms with van der Waals surface area (Å²) in [6, 6.07) is 0.226. The summed E-state index contributed by atoms with van der Waals surface area (Å²) in [7, 11) is 0. The Balaban J connectivity index is 1.52. The van der Waals surface area contributed by atoms with E-state index in [1.807, 2.05) is 13.8 Å². The van der Waals surface area contributed by atoms with Gasteiger partial charge in [-0.2, -0.15) is 0 Å². The molecule has 0 unspecified atom stereocenters. The van der Waals surface area contributed by atoms with Crippen molar-refractivity contribution in [1.82, 2.24) is 10.6 Å². The van der Waals surface area contributed by atoms with Crippen LogP contribution in [-0.4, -0.2) is 24.4 Å². The van der Waals surface area contributed by atoms with Gasteiger partial charge < -0.3 is 10.6 Å². The Morgan fingerprint density at radius 2 is 1.57 bits per heavy atom. The number of hydrogen-bond donors (Lipinski definition) is 2. The summed E-state index contributed by atoms with van der Waals surface area (Å²) in [5.41, 5.74) is 0.325. The third kappa shape index (κ3) is 3.41. The molecule has 0 aromatic rings. The summed E-state index contributed by atoms with van der Waals surface area (Å²) >= 11 is 0. The van der Waals surface area contributed by atoms with Crippen molar-refractivity contribution in [2.45, 2.75) is 71.8 Å². The van der Waals surface area contributed by atoms with Crippen LogP contribution in [0.4, 0.5) is 0 Å². The fraction of sp³-hybridized carbons (Fsp3) is 0.895. The molecule has 4 bridgehead atoms. The van der Waals surface area contributed by atoms with Gasteiger partial charge in [0.05, 0.1) is 6.54 Å². The Morgan fingerprint density at radius 3 is 2.04 bits per heavy atom. The molecule has 2 amide bonds. The van der Waals surface area contributed by atoms with Crippen molar-refractivity contribution < 1.29 is 9.59 Å². The lowest BCUT2D eigenvalue weighted by Crippen LogP contribution is -2.56. The van der Waals surface area contributed by atoms with Gasteiger partial charge in [0.2, 0.25) is 11.8 Å². The highest BCUT2D eigenvalue weighted by atomic mass is 16.2. The highest BCUT2D eigenvalue weighted by Gasteiger charge is 2.53. The summed E-state index contributed by atoms with van der Waals surface area (Å²) in [6.45, 7) is 6.17. The summed E-state index contributed by atoms with van der Waals surface area (Å²) in [6.07, 6.45) is 8.94. The molecule has 4 fully saturated rings. The molecule has 0 aliphatic heterocycles. The lowest BCUT2D eigenvalue weighted by Gasteiger charge is -2.59. The molecular formula is C19H32N2O2. The zero-order chi connectivity index (χ0) is 16.6. The van der Waals surface area contributed by atoms with Gasteiger partial charge in [0, 0.05) is 12.0 Å². The molecule has 2 N–H and O–H groups in total. The van der Waals surface area contributed by atoms with Crippen molar-refractivity contribution in [3.8, 4) is 0 Å². The van der Waals surface area contributed by atoms with Crippen LogP contribution in [0.25, 0.3) is 0 Å². The van der Waals surface area contributed by atoms with Crippen molar-refractivity contribution in [1.29, 1.82) is 0 Å². The van der Waals surface area contributed by atoms with Crippen LogP contribution >= 0.6 is 0 Å². The van der Waals surface area contributed by atoms with Crippen LogP contribution in [0.1, 0.15) is 65.7 Å². The number of carbonyl (C=O) groups excluding carboxylic acids is 2. The molecule has 4 rings (SSSR count). The molecular weight excluding hydrogens is 288 g/mol. The van der Waals surface area contributed by atoms with Gasteiger partial charge in [-0.15, -0.1) is 0 Å². The van der Waals surface area contributed by atoms with E-state index in [2.05, 4.69) is 17.6 Å². The highest BCUT2D eigenvalue weighted by molar-refractivity contribution is 5.85. The Morgan fingerprint density at radius 1 is 1.04 bits per heavy atom. The van der Waals surface area contributed by atoms with Crippen LogP contribution in [0.5, 0.6) is 0 Å². The molecule has 4 aliphatic rings. The number of hydrogen-bond acceptors (Lipinski definition) is 2. The first kappa shape index (κ1) is 16.8. The first-order chi connectivity index (χ1) is 10.9. The van der Waals surface area contributed by atoms with Crippen molar-refractivity contribution in [2.75, 3.05) is 6.54 Å². The van der Waals surface area contributed by atoms with E-state index >= 15 is 0 Å². The molecule has 0 heterocycles. The minimum absolute atomic E-state index is 0.0230. The van der Waals surface area contributed by atoms with Crippen LogP contribution in [0.15, 0.2) is 0 Å². The largest absolute Gasteiger partial charge is 0.352 e. The van der Waals surface area contributed by atoms with E-state index < -0.39 is 0 Å². The second-order valence-corrected chi connectivity index (χ2v) is 8.60. The summed E-state index contributed by atoms with van der Waals surface area (Å²) in [5.74, 6) is 2.60. The molecule has 130 valence electrons. The van der Waals surface area contributed by atoms with Gasteiger partial charge in [0.25, 0.3) is 0 Å². The fourth-order valence-electron chi connectivity index (χ4n) is 5.68. The quantitative estimate of drug-likeness (QED) is 0.790. The lowest BCUT2D eigenvalue weighted by molar-refractivity contribution is -0.130. The Bertz CT molecular complexity index is 439. The average Bonchev–Trinajstić information content (AvgIpc) is 2.50. The average molecular weight is 320 g/mol. The molecule has 2 atom stereocenters. The zero-order valence-corrected chi connectivity index (χ0v) is 14.9. The van der Waals surface area contributed by atoms with Crippen molar-refractivity contribution in [2.24, 2.45) is 29.1 Å². The van der Waals surface area contributed by atoms with Gasteiger partial charge in [-0.1, -0.05) is 13.8 Å². The van der Waals surface area contributed by atoms with Gasteiger partial charge in [-0.05, 0) is 75.0 Å². The summed E-state index contributed by atoms with van der Waals surface area (Å²) in [5, 5.41) is 5.96. The van der Waals surface area contributed by atoms with Crippen LogP contribution < -0.4 is 10.6 Å². The third-order valence-corrected chi connectivity index (χ3v) is 6.86. The maximum Gasteiger partial charge on any atom is 0.239 e. The van der Waals surface area contributed by atoms with E-state index in [-0.39, 0.29) is 30.3 Å². The molecule has 0 aromatic heterocycles. The Labute approximate surface area is 140 Å². The molecule has 23 heavy (non-hydrogen) atoms. The van der Waals surface area contributed by atoms with Gasteiger partial charge in [-0.25, -0.2) is 0 Å². The van der Waals surface area contributed by atoms with Crippen molar-refractivity contribution in [3.63, 3.8) is 0 Å². The molecule has 4 nitrogen and oxygen atoms in total. The SMILES string of the molecule is CC[C@H](C)C(=O)NCC(=O)N[C@@H](C)C12CC3CC(CC(C3)C1)C2. The molecule has 0 aromatic carbocycles. The van der Waals surface area contributed by atoms with Crippen molar-refractivity contribution >= 4 is 11.8 Å². The van der Waals surface area contributed by atoms with E-state index in [9.17, 15) is 9.59 Å². The van der Waals surface area contributed by atoms with Crippen molar-refractivity contribution in [3.05, 3.63) is 0 Å². The third-order valence-electron chi connectivity index (χ3n) is 6.86. The van der Waals surface area contributed by atoms with Gasteiger partial charge in [0.1, 0.15) is 0 Å². The Kier molecular flexibility index (Phi) is 4.70. The lowest BCUT2D eigenvalue weighted by atomic mass is 9.48. The minimum atomic E-state index is -0.0371. The monoisotopic (exact) mass is 320 g/mol. The second-order valence-electron chi connectivity index (χ2n) is 8.60. The predicted molar refractivity (Wildman–Crippen MR) is 90.7 cm³/mol. The zero-order valence-electron chi connectivity index (χ0n) is 14.9. The summed E-state index contributed by atoms with van der Waals surface area (Å²) in [4.78, 5) is 24.0. The van der Waals surface area contributed by atoms with E-state index in [1.54, 1.807) is 0 Å². The van der Waals surface area contributed by atoms with Crippen LogP contribution in [0.3, 0.4) is 0 Å². The topological polar surface area (TPSA) is 58.2 Å². The minimum Gasteiger partial charge on any atom is -0.352 e. The van der Waals surface area contributed by atoms with E-state index in [0.29, 0.717) is 5.41 Å². The first-order valence-electron chi connectivity index (χ1n) is 9.49. The van der Waals surface area contributed by atoms with Crippen LogP contribution in [0.2, 0.25) is 0 Å². The number of carbonyl (C=O) groups is 2. The number of nitrogens with one attached hydrogen (secondary N) is 2. The number of rotatable bonds is 6. The molecule has 0 spiro atoms. The molecule has 4 heteroatoms. The normalized spacial score (nSPS) is 37.3. The smallest absolute Gasteiger partial charge is 0.239 e. The highest BCUT2D eigenvalue weighted by Crippen LogP contribution is 2.61. The standard InChI is InChI=1S/C19H32N2O2/c1-4-12(2)18(23)20-11-17(22)21-13(3)19-8-14-5-15(9-19)7-16(6-14)10-19/h12-16H,4-11H2,1-3H3,(H,20,23)(H,21,22)/t12-,13-,14?,15?,16?,19?/m0/s1. The molecule has 4 saturated carbocycles. The Hall–Kier alpha value is -1.06. The predicted octanol–water partition coefficient (Wildman–Crippen LogP) is 2.87. The maximum absolute atomic E-state index is 12.2. The summed E-state index contributed by atoms with van der Waals surface area (Å²) < 4.78 is 0. The molecule has 4 aliphatic carbocycles.